The van der Waals surface area contributed by atoms with Crippen molar-refractivity contribution in [3.8, 4) is 0 Å². The normalized spacial score (nSPS) is 16.6. The van der Waals surface area contributed by atoms with Crippen LogP contribution < -0.4 is 11.1 Å². The van der Waals surface area contributed by atoms with Crippen molar-refractivity contribution in [2.75, 3.05) is 24.7 Å². The number of carbonyl (C=O) groups is 1. The second-order valence-corrected chi connectivity index (χ2v) is 7.77. The molecule has 1 heterocycles. The van der Waals surface area contributed by atoms with Gasteiger partial charge in [0.2, 0.25) is 5.91 Å². The molecule has 1 fully saturated rings. The van der Waals surface area contributed by atoms with Crippen molar-refractivity contribution in [2.24, 2.45) is 0 Å². The van der Waals surface area contributed by atoms with E-state index in [0.29, 0.717) is 30.5 Å². The Kier molecular flexibility index (Phi) is 5.23. The molecule has 0 saturated carbocycles. The predicted octanol–water partition coefficient (Wildman–Crippen LogP) is 1.10. The zero-order chi connectivity index (χ0) is 15.5. The monoisotopic (exact) mass is 376 g/mol. The summed E-state index contributed by atoms with van der Waals surface area (Å²) >= 11 is 3.21. The number of halogens is 1. The molecule has 2 rings (SSSR count). The van der Waals surface area contributed by atoms with Gasteiger partial charge in [-0.25, -0.2) is 8.42 Å². The smallest absolute Gasteiger partial charge is 0.235 e. The Bertz CT molecular complexity index is 627. The zero-order valence-corrected chi connectivity index (χ0v) is 13.7. The Morgan fingerprint density at radius 3 is 2.67 bits per heavy atom. The molecule has 21 heavy (non-hydrogen) atoms. The summed E-state index contributed by atoms with van der Waals surface area (Å²) in [5.74, 6) is -1.11. The Balaban J connectivity index is 2.04. The summed E-state index contributed by atoms with van der Waals surface area (Å²) in [7, 11) is -3.75. The van der Waals surface area contributed by atoms with E-state index in [1.165, 1.54) is 12.1 Å². The number of hydrogen-bond donors (Lipinski definition) is 2. The summed E-state index contributed by atoms with van der Waals surface area (Å²) in [5.41, 5.74) is 5.84. The van der Waals surface area contributed by atoms with Crippen molar-refractivity contribution >= 4 is 37.4 Å². The number of anilines is 1. The van der Waals surface area contributed by atoms with Crippen molar-refractivity contribution in [3.63, 3.8) is 0 Å². The maximum Gasteiger partial charge on any atom is 0.235 e. The van der Waals surface area contributed by atoms with Gasteiger partial charge in [-0.3, -0.25) is 4.79 Å². The molecule has 1 aromatic rings. The highest BCUT2D eigenvalue weighted by Crippen LogP contribution is 2.23. The van der Waals surface area contributed by atoms with Gasteiger partial charge in [0.1, 0.15) is 5.75 Å². The number of ether oxygens (including phenoxy) is 1. The SMILES string of the molecule is Nc1cc(Br)ccc1S(=O)(=O)CC(=O)NC1CCOCC1. The van der Waals surface area contributed by atoms with Crippen LogP contribution in [0.5, 0.6) is 0 Å². The van der Waals surface area contributed by atoms with Gasteiger partial charge in [-0.05, 0) is 31.0 Å². The van der Waals surface area contributed by atoms with Gasteiger partial charge < -0.3 is 15.8 Å². The van der Waals surface area contributed by atoms with Crippen LogP contribution in [0.15, 0.2) is 27.6 Å². The molecule has 1 amide bonds. The molecule has 1 aromatic carbocycles. The molecule has 0 spiro atoms. The molecule has 116 valence electrons. The number of hydrogen-bond acceptors (Lipinski definition) is 5. The summed E-state index contributed by atoms with van der Waals surface area (Å²) in [6.45, 7) is 1.16. The van der Waals surface area contributed by atoms with E-state index >= 15 is 0 Å². The second kappa shape index (κ2) is 6.76. The summed E-state index contributed by atoms with van der Waals surface area (Å²) in [4.78, 5) is 11.9. The molecule has 1 saturated heterocycles. The van der Waals surface area contributed by atoms with E-state index in [1.807, 2.05) is 0 Å². The number of nitrogens with two attached hydrogens (primary N) is 1. The molecule has 1 aliphatic heterocycles. The summed E-state index contributed by atoms with van der Waals surface area (Å²) in [6, 6.07) is 4.46. The number of rotatable bonds is 4. The van der Waals surface area contributed by atoms with Gasteiger partial charge in [-0.2, -0.15) is 0 Å². The lowest BCUT2D eigenvalue weighted by Gasteiger charge is -2.23. The molecule has 0 aliphatic carbocycles. The minimum atomic E-state index is -3.75. The fourth-order valence-corrected chi connectivity index (χ4v) is 3.82. The van der Waals surface area contributed by atoms with Crippen molar-refractivity contribution in [1.82, 2.24) is 5.32 Å². The molecule has 0 unspecified atom stereocenters. The van der Waals surface area contributed by atoms with Gasteiger partial charge >= 0.3 is 0 Å². The first-order valence-corrected chi connectivity index (χ1v) is 8.98. The molecular formula is C13H17BrN2O4S. The highest BCUT2D eigenvalue weighted by atomic mass is 79.9. The maximum absolute atomic E-state index is 12.2. The number of sulfone groups is 1. The average molecular weight is 377 g/mol. The summed E-state index contributed by atoms with van der Waals surface area (Å²) in [5, 5.41) is 2.73. The molecule has 1 aliphatic rings. The van der Waals surface area contributed by atoms with Gasteiger partial charge in [0.15, 0.2) is 9.84 Å². The van der Waals surface area contributed by atoms with Crippen LogP contribution in [0.3, 0.4) is 0 Å². The minimum Gasteiger partial charge on any atom is -0.398 e. The van der Waals surface area contributed by atoms with Crippen molar-refractivity contribution in [1.29, 1.82) is 0 Å². The third kappa shape index (κ3) is 4.42. The number of nitrogen functional groups attached to an aromatic ring is 1. The molecule has 0 aromatic heterocycles. The third-order valence-electron chi connectivity index (χ3n) is 3.21. The van der Waals surface area contributed by atoms with E-state index in [2.05, 4.69) is 21.2 Å². The lowest BCUT2D eigenvalue weighted by molar-refractivity contribution is -0.119. The first-order valence-electron chi connectivity index (χ1n) is 6.53. The highest BCUT2D eigenvalue weighted by Gasteiger charge is 2.24. The van der Waals surface area contributed by atoms with E-state index < -0.39 is 21.5 Å². The van der Waals surface area contributed by atoms with E-state index in [0.717, 1.165) is 0 Å². The molecule has 0 bridgehead atoms. The number of benzene rings is 1. The van der Waals surface area contributed by atoms with Gasteiger partial charge in [-0.1, -0.05) is 15.9 Å². The Labute approximate surface area is 132 Å². The molecule has 0 atom stereocenters. The van der Waals surface area contributed by atoms with Gasteiger partial charge in [0.05, 0.1) is 10.6 Å². The first kappa shape index (κ1) is 16.3. The zero-order valence-electron chi connectivity index (χ0n) is 11.3. The van der Waals surface area contributed by atoms with Gasteiger partial charge in [0, 0.05) is 23.7 Å². The third-order valence-corrected chi connectivity index (χ3v) is 5.39. The van der Waals surface area contributed by atoms with Gasteiger partial charge in [-0.15, -0.1) is 0 Å². The topological polar surface area (TPSA) is 98.5 Å². The predicted molar refractivity (Wildman–Crippen MR) is 82.6 cm³/mol. The van der Waals surface area contributed by atoms with E-state index in [-0.39, 0.29) is 16.6 Å². The quantitative estimate of drug-likeness (QED) is 0.766. The first-order chi connectivity index (χ1) is 9.88. The largest absolute Gasteiger partial charge is 0.398 e. The number of nitrogens with one attached hydrogen (secondary N) is 1. The fourth-order valence-electron chi connectivity index (χ4n) is 2.16. The van der Waals surface area contributed by atoms with Gasteiger partial charge in [0.25, 0.3) is 0 Å². The van der Waals surface area contributed by atoms with Crippen LogP contribution in [-0.2, 0) is 19.4 Å². The lowest BCUT2D eigenvalue weighted by Crippen LogP contribution is -2.41. The van der Waals surface area contributed by atoms with E-state index in [4.69, 9.17) is 10.5 Å². The lowest BCUT2D eigenvalue weighted by atomic mass is 10.1. The summed E-state index contributed by atoms with van der Waals surface area (Å²) < 4.78 is 30.3. The fraction of sp³-hybridized carbons (Fsp3) is 0.462. The molecule has 8 heteroatoms. The maximum atomic E-state index is 12.2. The van der Waals surface area contributed by atoms with Crippen LogP contribution in [0.1, 0.15) is 12.8 Å². The Morgan fingerprint density at radius 2 is 2.05 bits per heavy atom. The van der Waals surface area contributed by atoms with Crippen molar-refractivity contribution in [3.05, 3.63) is 22.7 Å². The highest BCUT2D eigenvalue weighted by molar-refractivity contribution is 9.10. The average Bonchev–Trinajstić information content (AvgIpc) is 2.38. The molecule has 3 N–H and O–H groups in total. The Hall–Kier alpha value is -1.12. The van der Waals surface area contributed by atoms with Crippen LogP contribution >= 0.6 is 15.9 Å². The second-order valence-electron chi connectivity index (χ2n) is 4.90. The molecule has 6 nitrogen and oxygen atoms in total. The number of carbonyl (C=O) groups excluding carboxylic acids is 1. The van der Waals surface area contributed by atoms with Crippen LogP contribution in [-0.4, -0.2) is 39.3 Å². The van der Waals surface area contributed by atoms with E-state index in [9.17, 15) is 13.2 Å². The van der Waals surface area contributed by atoms with Crippen molar-refractivity contribution in [2.45, 2.75) is 23.8 Å². The standard InChI is InChI=1S/C13H17BrN2O4S/c14-9-1-2-12(11(15)7-9)21(18,19)8-13(17)16-10-3-5-20-6-4-10/h1-2,7,10H,3-6,8,15H2,(H,16,17). The van der Waals surface area contributed by atoms with Crippen LogP contribution in [0.25, 0.3) is 0 Å². The van der Waals surface area contributed by atoms with Crippen LogP contribution in [0.2, 0.25) is 0 Å². The Morgan fingerprint density at radius 1 is 1.38 bits per heavy atom. The van der Waals surface area contributed by atoms with E-state index in [1.54, 1.807) is 6.07 Å². The van der Waals surface area contributed by atoms with Crippen LogP contribution in [0, 0.1) is 0 Å². The number of amides is 1. The van der Waals surface area contributed by atoms with Crippen LogP contribution in [0.4, 0.5) is 5.69 Å². The summed E-state index contributed by atoms with van der Waals surface area (Å²) in [6.07, 6.45) is 1.40. The minimum absolute atomic E-state index is 0.0205. The molecule has 0 radical (unpaired) electrons. The van der Waals surface area contributed by atoms with Crippen molar-refractivity contribution < 1.29 is 17.9 Å². The molecular weight excluding hydrogens is 360 g/mol.